The van der Waals surface area contributed by atoms with E-state index in [1.165, 1.54) is 32.4 Å². The average molecular weight is 400 g/mol. The number of ether oxygens (including phenoxy) is 2. The van der Waals surface area contributed by atoms with E-state index in [9.17, 15) is 9.18 Å². The number of nitrogens with one attached hydrogen (secondary N) is 1. The highest BCUT2D eigenvalue weighted by Gasteiger charge is 2.13. The van der Waals surface area contributed by atoms with Crippen molar-refractivity contribution in [3.63, 3.8) is 0 Å². The molecule has 1 heterocycles. The summed E-state index contributed by atoms with van der Waals surface area (Å²) in [5.41, 5.74) is 3.47. The van der Waals surface area contributed by atoms with E-state index in [0.29, 0.717) is 33.5 Å². The highest BCUT2D eigenvalue weighted by molar-refractivity contribution is 5.96. The topological polar surface area (TPSA) is 75.1 Å². The highest BCUT2D eigenvalue weighted by atomic mass is 19.1. The third-order valence-electron chi connectivity index (χ3n) is 4.94. The summed E-state index contributed by atoms with van der Waals surface area (Å²) in [5.74, 6) is 0.151. The summed E-state index contributed by atoms with van der Waals surface area (Å²) in [6.07, 6.45) is 0. The number of nitrogens with zero attached hydrogens (tertiary/aromatic N) is 1. The third kappa shape index (κ3) is 3.38. The molecule has 0 atom stereocenters. The molecule has 0 fully saturated rings. The van der Waals surface area contributed by atoms with Crippen molar-refractivity contribution in [1.82, 2.24) is 4.98 Å². The number of rotatable bonds is 4. The van der Waals surface area contributed by atoms with Gasteiger partial charge in [-0.2, -0.15) is 5.26 Å². The fourth-order valence-corrected chi connectivity index (χ4v) is 3.38. The Morgan fingerprint density at radius 1 is 0.933 bits per heavy atom. The Bertz CT molecular complexity index is 1350. The summed E-state index contributed by atoms with van der Waals surface area (Å²) in [6, 6.07) is 18.6. The maximum Gasteiger partial charge on any atom is 0.190 e. The second-order valence-corrected chi connectivity index (χ2v) is 6.68. The van der Waals surface area contributed by atoms with Gasteiger partial charge in [0.05, 0.1) is 31.4 Å². The van der Waals surface area contributed by atoms with Crippen LogP contribution in [0.25, 0.3) is 33.3 Å². The molecule has 1 N–H and O–H groups in total. The molecule has 0 amide bonds. The first kappa shape index (κ1) is 19.2. The minimum atomic E-state index is -0.516. The molecule has 0 saturated carbocycles. The molecule has 0 unspecified atom stereocenters. The number of pyridine rings is 1. The Morgan fingerprint density at radius 2 is 1.67 bits per heavy atom. The smallest absolute Gasteiger partial charge is 0.190 e. The second kappa shape index (κ2) is 7.72. The molecule has 0 bridgehead atoms. The molecule has 0 aliphatic carbocycles. The van der Waals surface area contributed by atoms with Gasteiger partial charge in [-0.05, 0) is 48.0 Å². The quantitative estimate of drug-likeness (QED) is 0.529. The lowest BCUT2D eigenvalue weighted by Crippen LogP contribution is -2.05. The summed E-state index contributed by atoms with van der Waals surface area (Å²) in [7, 11) is 2.93. The Hall–Kier alpha value is -4.11. The average Bonchev–Trinajstić information content (AvgIpc) is 2.78. The molecule has 4 aromatic rings. The van der Waals surface area contributed by atoms with E-state index < -0.39 is 5.82 Å². The van der Waals surface area contributed by atoms with Crippen molar-refractivity contribution in [2.45, 2.75) is 0 Å². The molecule has 3 aromatic carbocycles. The summed E-state index contributed by atoms with van der Waals surface area (Å²) in [5, 5.41) is 9.50. The van der Waals surface area contributed by atoms with Crippen molar-refractivity contribution < 1.29 is 13.9 Å². The predicted molar refractivity (Wildman–Crippen MR) is 113 cm³/mol. The van der Waals surface area contributed by atoms with E-state index in [0.717, 1.165) is 11.1 Å². The number of hydrogen-bond donors (Lipinski definition) is 1. The number of benzene rings is 3. The molecular weight excluding hydrogens is 383 g/mol. The van der Waals surface area contributed by atoms with Crippen molar-refractivity contribution >= 4 is 10.9 Å². The van der Waals surface area contributed by atoms with Crippen LogP contribution in [-0.4, -0.2) is 19.2 Å². The van der Waals surface area contributed by atoms with Crippen LogP contribution < -0.4 is 14.9 Å². The molecule has 30 heavy (non-hydrogen) atoms. The van der Waals surface area contributed by atoms with Crippen LogP contribution >= 0.6 is 0 Å². The van der Waals surface area contributed by atoms with Crippen LogP contribution in [-0.2, 0) is 0 Å². The van der Waals surface area contributed by atoms with E-state index in [1.807, 2.05) is 18.2 Å². The number of fused-ring (bicyclic) bond motifs is 1. The van der Waals surface area contributed by atoms with Crippen molar-refractivity contribution in [2.24, 2.45) is 0 Å². The van der Waals surface area contributed by atoms with Gasteiger partial charge in [0.2, 0.25) is 0 Å². The Kier molecular flexibility index (Phi) is 4.95. The van der Waals surface area contributed by atoms with Gasteiger partial charge in [-0.25, -0.2) is 4.39 Å². The number of methoxy groups -OCH3 is 2. The number of halogens is 1. The molecule has 0 radical (unpaired) electrons. The van der Waals surface area contributed by atoms with Crippen LogP contribution in [0.5, 0.6) is 11.5 Å². The number of nitriles is 1. The van der Waals surface area contributed by atoms with Gasteiger partial charge < -0.3 is 14.5 Å². The van der Waals surface area contributed by atoms with E-state index in [1.54, 1.807) is 24.3 Å². The Morgan fingerprint density at radius 3 is 2.30 bits per heavy atom. The van der Waals surface area contributed by atoms with Crippen molar-refractivity contribution in [3.05, 3.63) is 82.3 Å². The first-order chi connectivity index (χ1) is 14.5. The van der Waals surface area contributed by atoms with Gasteiger partial charge in [0.1, 0.15) is 5.75 Å². The monoisotopic (exact) mass is 400 g/mol. The van der Waals surface area contributed by atoms with Crippen molar-refractivity contribution in [3.8, 4) is 40.0 Å². The molecule has 0 saturated heterocycles. The van der Waals surface area contributed by atoms with Crippen LogP contribution in [0.3, 0.4) is 0 Å². The van der Waals surface area contributed by atoms with Gasteiger partial charge in [-0.15, -0.1) is 0 Å². The van der Waals surface area contributed by atoms with Crippen molar-refractivity contribution in [2.75, 3.05) is 14.2 Å². The predicted octanol–water partition coefficient (Wildman–Crippen LogP) is 4.89. The standard InChI is InChI=1S/C24H17FN2O3/c1-29-17-10-18(15-5-3-14(13-26)4-6-15)24-19(11-17)22(28)12-21(27-24)16-7-8-23(30-2)20(25)9-16/h3-12H,1-2H3,(H,27,28). The molecular formula is C24H17FN2O3. The Labute approximate surface area is 171 Å². The van der Waals surface area contributed by atoms with Crippen LogP contribution in [0.1, 0.15) is 5.56 Å². The molecule has 0 aliphatic heterocycles. The second-order valence-electron chi connectivity index (χ2n) is 6.68. The maximum absolute atomic E-state index is 14.2. The van der Waals surface area contributed by atoms with Crippen LogP contribution in [0.15, 0.2) is 65.5 Å². The number of aromatic amines is 1. The van der Waals surface area contributed by atoms with Crippen LogP contribution in [0, 0.1) is 17.1 Å². The zero-order chi connectivity index (χ0) is 21.3. The fraction of sp³-hybridized carbons (Fsp3) is 0.0833. The number of aromatic nitrogens is 1. The Balaban J connectivity index is 1.98. The van der Waals surface area contributed by atoms with Crippen LogP contribution in [0.4, 0.5) is 4.39 Å². The SMILES string of the molecule is COc1cc(-c2ccc(C#N)cc2)c2[nH]c(-c3ccc(OC)c(F)c3)cc(=O)c2c1. The summed E-state index contributed by atoms with van der Waals surface area (Å²) >= 11 is 0. The highest BCUT2D eigenvalue weighted by Crippen LogP contribution is 2.33. The number of H-pyrrole nitrogens is 1. The minimum Gasteiger partial charge on any atom is -0.497 e. The van der Waals surface area contributed by atoms with Gasteiger partial charge in [-0.3, -0.25) is 4.79 Å². The molecule has 0 spiro atoms. The maximum atomic E-state index is 14.2. The largest absolute Gasteiger partial charge is 0.497 e. The molecule has 0 aliphatic rings. The molecule has 1 aromatic heterocycles. The van der Waals surface area contributed by atoms with Gasteiger partial charge in [0.25, 0.3) is 0 Å². The first-order valence-corrected chi connectivity index (χ1v) is 9.13. The summed E-state index contributed by atoms with van der Waals surface area (Å²) < 4.78 is 24.5. The van der Waals surface area contributed by atoms with Crippen LogP contribution in [0.2, 0.25) is 0 Å². The van der Waals surface area contributed by atoms with Gasteiger partial charge in [0.15, 0.2) is 17.0 Å². The van der Waals surface area contributed by atoms with Gasteiger partial charge >= 0.3 is 0 Å². The van der Waals surface area contributed by atoms with E-state index >= 15 is 0 Å². The van der Waals surface area contributed by atoms with Gasteiger partial charge in [-0.1, -0.05) is 12.1 Å². The summed E-state index contributed by atoms with van der Waals surface area (Å²) in [6.45, 7) is 0. The molecule has 148 valence electrons. The minimum absolute atomic E-state index is 0.130. The van der Waals surface area contributed by atoms with Crippen molar-refractivity contribution in [1.29, 1.82) is 5.26 Å². The van der Waals surface area contributed by atoms with Gasteiger partial charge in [0, 0.05) is 28.3 Å². The lowest BCUT2D eigenvalue weighted by Gasteiger charge is -2.12. The molecule has 6 heteroatoms. The zero-order valence-electron chi connectivity index (χ0n) is 16.3. The molecule has 5 nitrogen and oxygen atoms in total. The lowest BCUT2D eigenvalue weighted by atomic mass is 9.99. The van der Waals surface area contributed by atoms with E-state index in [2.05, 4.69) is 11.1 Å². The van der Waals surface area contributed by atoms with E-state index in [-0.39, 0.29) is 11.2 Å². The fourth-order valence-electron chi connectivity index (χ4n) is 3.38. The zero-order valence-corrected chi connectivity index (χ0v) is 16.3. The summed E-state index contributed by atoms with van der Waals surface area (Å²) in [4.78, 5) is 16.2. The lowest BCUT2D eigenvalue weighted by molar-refractivity contribution is 0.386. The molecule has 4 rings (SSSR count). The third-order valence-corrected chi connectivity index (χ3v) is 4.94. The normalized spacial score (nSPS) is 10.6. The van der Waals surface area contributed by atoms with E-state index in [4.69, 9.17) is 14.7 Å². The first-order valence-electron chi connectivity index (χ1n) is 9.13. The number of hydrogen-bond acceptors (Lipinski definition) is 4.